The summed E-state index contributed by atoms with van der Waals surface area (Å²) in [6, 6.07) is 0. The molecule has 1 unspecified atom stereocenters. The van der Waals surface area contributed by atoms with Crippen molar-refractivity contribution in [2.24, 2.45) is 5.92 Å². The van der Waals surface area contributed by atoms with E-state index in [-0.39, 0.29) is 12.0 Å². The highest BCUT2D eigenvalue weighted by molar-refractivity contribution is 5.68. The van der Waals surface area contributed by atoms with Crippen LogP contribution >= 0.6 is 0 Å². The summed E-state index contributed by atoms with van der Waals surface area (Å²) in [6.07, 6.45) is 2.51. The summed E-state index contributed by atoms with van der Waals surface area (Å²) in [7, 11) is 0. The van der Waals surface area contributed by atoms with E-state index >= 15 is 0 Å². The van der Waals surface area contributed by atoms with E-state index in [0.717, 1.165) is 39.3 Å². The Labute approximate surface area is 95.5 Å². The lowest BCUT2D eigenvalue weighted by molar-refractivity contribution is -0.139. The molecule has 0 spiro atoms. The lowest BCUT2D eigenvalue weighted by Gasteiger charge is -2.43. The van der Waals surface area contributed by atoms with Crippen molar-refractivity contribution in [3.05, 3.63) is 0 Å². The lowest BCUT2D eigenvalue weighted by Crippen LogP contribution is -2.69. The van der Waals surface area contributed by atoms with Crippen molar-refractivity contribution in [3.8, 4) is 0 Å². The second-order valence-corrected chi connectivity index (χ2v) is 4.92. The molecule has 0 amide bonds. The van der Waals surface area contributed by atoms with Gasteiger partial charge in [0.15, 0.2) is 0 Å². The van der Waals surface area contributed by atoms with Crippen LogP contribution in [0.25, 0.3) is 0 Å². The highest BCUT2D eigenvalue weighted by Crippen LogP contribution is 2.18. The Bertz CT molecular complexity index is 248. The summed E-state index contributed by atoms with van der Waals surface area (Å²) in [5, 5.41) is 15.4. The maximum atomic E-state index is 10.8. The summed E-state index contributed by atoms with van der Waals surface area (Å²) in [5.74, 6) is -0.186. The van der Waals surface area contributed by atoms with Gasteiger partial charge < -0.3 is 20.5 Å². The summed E-state index contributed by atoms with van der Waals surface area (Å²) >= 11 is 0. The zero-order valence-electron chi connectivity index (χ0n) is 9.50. The molecule has 5 heteroatoms. The van der Waals surface area contributed by atoms with Crippen LogP contribution < -0.4 is 10.6 Å². The largest absolute Gasteiger partial charge is 0.481 e. The fourth-order valence-corrected chi connectivity index (χ4v) is 2.36. The number of hydrogen-bond acceptors (Lipinski definition) is 4. The number of carboxylic acid groups (broad SMARTS) is 1. The number of carboxylic acids is 1. The Morgan fingerprint density at radius 1 is 1.56 bits per heavy atom. The average molecular weight is 228 g/mol. The maximum Gasteiger partial charge on any atom is 0.305 e. The molecular weight excluding hydrogens is 208 g/mol. The number of nitrogens with one attached hydrogen (secondary N) is 2. The maximum absolute atomic E-state index is 10.8. The highest BCUT2D eigenvalue weighted by Gasteiger charge is 2.38. The van der Waals surface area contributed by atoms with Gasteiger partial charge in [-0.1, -0.05) is 0 Å². The number of carbonyl (C=O) groups is 1. The fraction of sp³-hybridized carbons (Fsp3) is 0.909. The zero-order chi connectivity index (χ0) is 11.4. The third-order valence-electron chi connectivity index (χ3n) is 3.44. The van der Waals surface area contributed by atoms with E-state index in [1.165, 1.54) is 6.42 Å². The van der Waals surface area contributed by atoms with Crippen molar-refractivity contribution < 1.29 is 14.6 Å². The first-order valence-electron chi connectivity index (χ1n) is 5.95. The van der Waals surface area contributed by atoms with Gasteiger partial charge in [-0.3, -0.25) is 4.79 Å². The average Bonchev–Trinajstić information content (AvgIpc) is 2.23. The van der Waals surface area contributed by atoms with E-state index < -0.39 is 5.97 Å². The smallest absolute Gasteiger partial charge is 0.305 e. The first-order chi connectivity index (χ1) is 7.70. The van der Waals surface area contributed by atoms with Crippen LogP contribution in [0, 0.1) is 5.92 Å². The number of rotatable bonds is 5. The molecule has 2 aliphatic heterocycles. The van der Waals surface area contributed by atoms with Crippen molar-refractivity contribution >= 4 is 5.97 Å². The molecule has 2 saturated heterocycles. The molecule has 0 bridgehead atoms. The molecule has 0 aromatic heterocycles. The Kier molecular flexibility index (Phi) is 3.78. The van der Waals surface area contributed by atoms with Crippen molar-refractivity contribution in [1.29, 1.82) is 0 Å². The molecule has 0 saturated carbocycles. The number of hydrogen-bond donors (Lipinski definition) is 3. The summed E-state index contributed by atoms with van der Waals surface area (Å²) < 4.78 is 5.41. The molecule has 0 aromatic rings. The summed E-state index contributed by atoms with van der Waals surface area (Å²) in [5.41, 5.74) is -0.219. The molecule has 92 valence electrons. The van der Waals surface area contributed by atoms with Crippen LogP contribution in [0.2, 0.25) is 0 Å². The van der Waals surface area contributed by atoms with Gasteiger partial charge in [0, 0.05) is 26.2 Å². The van der Waals surface area contributed by atoms with E-state index in [1.54, 1.807) is 0 Å². The van der Waals surface area contributed by atoms with Crippen molar-refractivity contribution in [1.82, 2.24) is 10.6 Å². The third kappa shape index (κ3) is 2.93. The number of aliphatic carboxylic acids is 1. The van der Waals surface area contributed by atoms with Crippen LogP contribution in [-0.2, 0) is 9.53 Å². The van der Waals surface area contributed by atoms with Crippen LogP contribution in [0.5, 0.6) is 0 Å². The molecule has 1 atom stereocenters. The van der Waals surface area contributed by atoms with Crippen LogP contribution in [0.4, 0.5) is 0 Å². The van der Waals surface area contributed by atoms with Gasteiger partial charge in [-0.2, -0.15) is 0 Å². The van der Waals surface area contributed by atoms with Crippen LogP contribution in [0.15, 0.2) is 0 Å². The molecule has 5 nitrogen and oxygen atoms in total. The predicted octanol–water partition coefficient (Wildman–Crippen LogP) is -0.181. The Hall–Kier alpha value is -0.650. The first kappa shape index (κ1) is 11.8. The van der Waals surface area contributed by atoms with Gasteiger partial charge in [0.25, 0.3) is 0 Å². The Morgan fingerprint density at radius 2 is 2.38 bits per heavy atom. The second kappa shape index (κ2) is 5.12. The standard InChI is InChI=1S/C11H20N2O3/c14-10(15)4-11(7-12-8-11)13-5-9-2-1-3-16-6-9/h9,12-13H,1-8H2,(H,14,15). The van der Waals surface area contributed by atoms with Crippen LogP contribution in [-0.4, -0.2) is 49.5 Å². The second-order valence-electron chi connectivity index (χ2n) is 4.92. The SMILES string of the molecule is O=C(O)CC1(NCC2CCCOC2)CNC1. The highest BCUT2D eigenvalue weighted by atomic mass is 16.5. The van der Waals surface area contributed by atoms with Gasteiger partial charge in [0.1, 0.15) is 0 Å². The quantitative estimate of drug-likeness (QED) is 0.609. The van der Waals surface area contributed by atoms with Gasteiger partial charge in [-0.25, -0.2) is 0 Å². The summed E-state index contributed by atoms with van der Waals surface area (Å²) in [6.45, 7) is 4.07. The van der Waals surface area contributed by atoms with Crippen molar-refractivity contribution in [3.63, 3.8) is 0 Å². The molecule has 0 aromatic carbocycles. The van der Waals surface area contributed by atoms with Crippen molar-refractivity contribution in [2.75, 3.05) is 32.8 Å². The normalized spacial score (nSPS) is 28.4. The number of ether oxygens (including phenoxy) is 1. The van der Waals surface area contributed by atoms with E-state index in [2.05, 4.69) is 10.6 Å². The van der Waals surface area contributed by atoms with Gasteiger partial charge in [-0.15, -0.1) is 0 Å². The third-order valence-corrected chi connectivity index (χ3v) is 3.44. The van der Waals surface area contributed by atoms with Gasteiger partial charge in [0.05, 0.1) is 18.6 Å². The minimum atomic E-state index is -0.728. The Morgan fingerprint density at radius 3 is 2.88 bits per heavy atom. The van der Waals surface area contributed by atoms with E-state index in [1.807, 2.05) is 0 Å². The van der Waals surface area contributed by atoms with Gasteiger partial charge in [0.2, 0.25) is 0 Å². The monoisotopic (exact) mass is 228 g/mol. The van der Waals surface area contributed by atoms with Gasteiger partial charge in [-0.05, 0) is 18.8 Å². The lowest BCUT2D eigenvalue weighted by atomic mass is 9.87. The Balaban J connectivity index is 1.75. The van der Waals surface area contributed by atoms with E-state index in [4.69, 9.17) is 9.84 Å². The van der Waals surface area contributed by atoms with E-state index in [9.17, 15) is 4.79 Å². The fourth-order valence-electron chi connectivity index (χ4n) is 2.36. The van der Waals surface area contributed by atoms with E-state index in [0.29, 0.717) is 5.92 Å². The topological polar surface area (TPSA) is 70.6 Å². The molecule has 2 rings (SSSR count). The molecule has 16 heavy (non-hydrogen) atoms. The molecular formula is C11H20N2O3. The molecule has 2 fully saturated rings. The van der Waals surface area contributed by atoms with Crippen molar-refractivity contribution in [2.45, 2.75) is 24.8 Å². The molecule has 2 heterocycles. The predicted molar refractivity (Wildman–Crippen MR) is 59.4 cm³/mol. The molecule has 2 aliphatic rings. The first-order valence-corrected chi connectivity index (χ1v) is 5.95. The molecule has 3 N–H and O–H groups in total. The molecule has 0 aliphatic carbocycles. The minimum Gasteiger partial charge on any atom is -0.481 e. The van der Waals surface area contributed by atoms with Crippen LogP contribution in [0.1, 0.15) is 19.3 Å². The zero-order valence-corrected chi connectivity index (χ0v) is 9.50. The van der Waals surface area contributed by atoms with Gasteiger partial charge >= 0.3 is 5.97 Å². The molecule has 0 radical (unpaired) electrons. The minimum absolute atomic E-state index is 0.202. The summed E-state index contributed by atoms with van der Waals surface area (Å²) in [4.78, 5) is 10.8. The van der Waals surface area contributed by atoms with Crippen LogP contribution in [0.3, 0.4) is 0 Å².